The number of nitrogens with zero attached hydrogens (tertiary/aromatic N) is 1. The van der Waals surface area contributed by atoms with Crippen LogP contribution >= 0.6 is 15.9 Å². The van der Waals surface area contributed by atoms with Crippen molar-refractivity contribution in [3.05, 3.63) is 28.7 Å². The van der Waals surface area contributed by atoms with Crippen LogP contribution in [0.4, 0.5) is 0 Å². The fourth-order valence-corrected chi connectivity index (χ4v) is 4.18. The van der Waals surface area contributed by atoms with Gasteiger partial charge >= 0.3 is 0 Å². The number of hydrogen-bond acceptors (Lipinski definition) is 3. The summed E-state index contributed by atoms with van der Waals surface area (Å²) in [6.07, 6.45) is -0.0405. The van der Waals surface area contributed by atoms with Crippen molar-refractivity contribution in [1.29, 1.82) is 0 Å². The molecule has 1 fully saturated rings. The summed E-state index contributed by atoms with van der Waals surface area (Å²) in [4.78, 5) is 0.254. The van der Waals surface area contributed by atoms with Gasteiger partial charge in [0.1, 0.15) is 0 Å². The molecule has 1 aliphatic rings. The predicted molar refractivity (Wildman–Crippen MR) is 63.5 cm³/mol. The minimum absolute atomic E-state index is 0.184. The molecule has 1 atom stereocenters. The summed E-state index contributed by atoms with van der Waals surface area (Å²) in [7, 11) is -3.48. The number of aliphatic hydroxyl groups is 1. The first kappa shape index (κ1) is 12.0. The van der Waals surface area contributed by atoms with E-state index >= 15 is 0 Å². The maximum Gasteiger partial charge on any atom is 0.244 e. The number of sulfonamides is 1. The monoisotopic (exact) mass is 305 g/mol. The van der Waals surface area contributed by atoms with E-state index in [0.29, 0.717) is 17.4 Å². The van der Waals surface area contributed by atoms with E-state index < -0.39 is 16.1 Å². The van der Waals surface area contributed by atoms with Gasteiger partial charge in [0.05, 0.1) is 11.0 Å². The minimum Gasteiger partial charge on any atom is -0.392 e. The van der Waals surface area contributed by atoms with Gasteiger partial charge in [-0.2, -0.15) is 4.31 Å². The Morgan fingerprint density at radius 2 is 2.06 bits per heavy atom. The number of benzene rings is 1. The van der Waals surface area contributed by atoms with Crippen LogP contribution in [0.1, 0.15) is 6.42 Å². The Bertz CT molecular complexity index is 489. The quantitative estimate of drug-likeness (QED) is 0.893. The summed E-state index contributed by atoms with van der Waals surface area (Å²) in [5, 5.41) is 9.36. The molecule has 0 radical (unpaired) electrons. The van der Waals surface area contributed by atoms with Crippen LogP contribution in [0.3, 0.4) is 0 Å². The maximum atomic E-state index is 12.2. The Kier molecular flexibility index (Phi) is 3.34. The Hall–Kier alpha value is -0.430. The second-order valence-corrected chi connectivity index (χ2v) is 6.50. The predicted octanol–water partition coefficient (Wildman–Crippen LogP) is 1.20. The summed E-state index contributed by atoms with van der Waals surface area (Å²) >= 11 is 3.23. The third kappa shape index (κ3) is 2.15. The Labute approximate surface area is 103 Å². The minimum atomic E-state index is -3.48. The van der Waals surface area contributed by atoms with E-state index in [9.17, 15) is 13.5 Å². The third-order valence-electron chi connectivity index (χ3n) is 2.58. The van der Waals surface area contributed by atoms with Gasteiger partial charge in [-0.05, 0) is 34.5 Å². The summed E-state index contributed by atoms with van der Waals surface area (Å²) < 4.78 is 26.2. The molecule has 4 nitrogen and oxygen atoms in total. The SMILES string of the molecule is O=S(=O)(c1ccccc1Br)N1CC[C@H](O)C1. The molecule has 1 heterocycles. The average molecular weight is 306 g/mol. The van der Waals surface area contributed by atoms with Crippen molar-refractivity contribution in [3.63, 3.8) is 0 Å². The van der Waals surface area contributed by atoms with Gasteiger partial charge in [-0.15, -0.1) is 0 Å². The van der Waals surface area contributed by atoms with Gasteiger partial charge in [0, 0.05) is 17.6 Å². The van der Waals surface area contributed by atoms with E-state index in [4.69, 9.17) is 0 Å². The van der Waals surface area contributed by atoms with Crippen molar-refractivity contribution in [2.24, 2.45) is 0 Å². The third-order valence-corrected chi connectivity index (χ3v) is 5.46. The average Bonchev–Trinajstić information content (AvgIpc) is 2.66. The normalized spacial score (nSPS) is 22.5. The molecule has 16 heavy (non-hydrogen) atoms. The molecule has 1 aromatic carbocycles. The second-order valence-electron chi connectivity index (χ2n) is 3.74. The highest BCUT2D eigenvalue weighted by atomic mass is 79.9. The molecule has 0 aliphatic carbocycles. The first-order valence-electron chi connectivity index (χ1n) is 4.94. The standard InChI is InChI=1S/C10H12BrNO3S/c11-9-3-1-2-4-10(9)16(14,15)12-6-5-8(13)7-12/h1-4,8,13H,5-7H2/t8-/m0/s1. The number of aliphatic hydroxyl groups excluding tert-OH is 1. The highest BCUT2D eigenvalue weighted by molar-refractivity contribution is 9.10. The Balaban J connectivity index is 2.36. The molecular weight excluding hydrogens is 294 g/mol. The lowest BCUT2D eigenvalue weighted by Crippen LogP contribution is -2.29. The fraction of sp³-hybridized carbons (Fsp3) is 0.400. The molecule has 0 unspecified atom stereocenters. The van der Waals surface area contributed by atoms with Crippen LogP contribution in [0.2, 0.25) is 0 Å². The fourth-order valence-electron chi connectivity index (χ4n) is 1.72. The van der Waals surface area contributed by atoms with Gasteiger partial charge in [0.2, 0.25) is 10.0 Å². The smallest absolute Gasteiger partial charge is 0.244 e. The van der Waals surface area contributed by atoms with E-state index in [1.54, 1.807) is 24.3 Å². The molecule has 1 saturated heterocycles. The highest BCUT2D eigenvalue weighted by Crippen LogP contribution is 2.26. The van der Waals surface area contributed by atoms with Gasteiger partial charge in [0.25, 0.3) is 0 Å². The van der Waals surface area contributed by atoms with Crippen LogP contribution < -0.4 is 0 Å². The number of halogens is 1. The summed E-state index contributed by atoms with van der Waals surface area (Å²) in [5.74, 6) is 0. The van der Waals surface area contributed by atoms with Crippen molar-refractivity contribution < 1.29 is 13.5 Å². The Morgan fingerprint density at radius 1 is 1.38 bits per heavy atom. The number of β-amino-alcohol motifs (C(OH)–C–C–N with tert-alkyl or cyclic N) is 1. The molecule has 1 N–H and O–H groups in total. The molecule has 0 bridgehead atoms. The van der Waals surface area contributed by atoms with Crippen molar-refractivity contribution in [2.45, 2.75) is 17.4 Å². The first-order chi connectivity index (χ1) is 7.51. The number of rotatable bonds is 2. The van der Waals surface area contributed by atoms with E-state index in [0.717, 1.165) is 0 Å². The molecule has 6 heteroatoms. The van der Waals surface area contributed by atoms with Crippen LogP contribution in [-0.4, -0.2) is 37.0 Å². The zero-order valence-electron chi connectivity index (χ0n) is 8.51. The molecule has 0 aromatic heterocycles. The lowest BCUT2D eigenvalue weighted by Gasteiger charge is -2.16. The summed E-state index contributed by atoms with van der Waals surface area (Å²) in [5.41, 5.74) is 0. The topological polar surface area (TPSA) is 57.6 Å². The van der Waals surface area contributed by atoms with Crippen LogP contribution in [-0.2, 0) is 10.0 Å². The highest BCUT2D eigenvalue weighted by Gasteiger charge is 2.32. The van der Waals surface area contributed by atoms with Gasteiger partial charge in [0.15, 0.2) is 0 Å². The van der Waals surface area contributed by atoms with Crippen molar-refractivity contribution in [3.8, 4) is 0 Å². The number of hydrogen-bond donors (Lipinski definition) is 1. The molecule has 0 saturated carbocycles. The van der Waals surface area contributed by atoms with Crippen LogP contribution in [0.5, 0.6) is 0 Å². The molecular formula is C10H12BrNO3S. The summed E-state index contributed by atoms with van der Waals surface area (Å²) in [6, 6.07) is 6.70. The van der Waals surface area contributed by atoms with Gasteiger partial charge in [-0.3, -0.25) is 0 Å². The van der Waals surface area contributed by atoms with Gasteiger partial charge in [-0.25, -0.2) is 8.42 Å². The lowest BCUT2D eigenvalue weighted by molar-refractivity contribution is 0.189. The van der Waals surface area contributed by atoms with Crippen LogP contribution in [0.15, 0.2) is 33.6 Å². The van der Waals surface area contributed by atoms with E-state index in [-0.39, 0.29) is 11.4 Å². The molecule has 1 aliphatic heterocycles. The maximum absolute atomic E-state index is 12.2. The van der Waals surface area contributed by atoms with Crippen LogP contribution in [0.25, 0.3) is 0 Å². The van der Waals surface area contributed by atoms with E-state index in [1.807, 2.05) is 0 Å². The summed E-state index contributed by atoms with van der Waals surface area (Å²) in [6.45, 7) is 0.564. The van der Waals surface area contributed by atoms with E-state index in [1.165, 1.54) is 4.31 Å². The molecule has 2 rings (SSSR count). The van der Waals surface area contributed by atoms with E-state index in [2.05, 4.69) is 15.9 Å². The zero-order valence-corrected chi connectivity index (χ0v) is 10.9. The molecule has 88 valence electrons. The van der Waals surface area contributed by atoms with Crippen molar-refractivity contribution in [2.75, 3.05) is 13.1 Å². The molecule has 1 aromatic rings. The lowest BCUT2D eigenvalue weighted by atomic mass is 10.3. The van der Waals surface area contributed by atoms with Crippen molar-refractivity contribution >= 4 is 26.0 Å². The van der Waals surface area contributed by atoms with Crippen LogP contribution in [0, 0.1) is 0 Å². The second kappa shape index (κ2) is 4.44. The largest absolute Gasteiger partial charge is 0.392 e. The first-order valence-corrected chi connectivity index (χ1v) is 7.18. The van der Waals surface area contributed by atoms with Crippen molar-refractivity contribution in [1.82, 2.24) is 4.31 Å². The Morgan fingerprint density at radius 3 is 2.62 bits per heavy atom. The zero-order chi connectivity index (χ0) is 11.8. The van der Waals surface area contributed by atoms with Gasteiger partial charge < -0.3 is 5.11 Å². The van der Waals surface area contributed by atoms with Gasteiger partial charge in [-0.1, -0.05) is 12.1 Å². The molecule has 0 spiro atoms. The molecule has 0 amide bonds.